The predicted molar refractivity (Wildman–Crippen MR) is 85.5 cm³/mol. The Hall–Kier alpha value is -1.96. The lowest BCUT2D eigenvalue weighted by atomic mass is 10.1. The molecule has 3 atom stereocenters. The van der Waals surface area contributed by atoms with Gasteiger partial charge in [-0.3, -0.25) is 9.59 Å². The third-order valence-electron chi connectivity index (χ3n) is 4.45. The molecule has 24 heavy (non-hydrogen) atoms. The smallest absolute Gasteiger partial charge is 0.239 e. The van der Waals surface area contributed by atoms with Crippen molar-refractivity contribution in [3.8, 4) is 0 Å². The van der Waals surface area contributed by atoms with E-state index in [-0.39, 0.29) is 53.6 Å². The van der Waals surface area contributed by atoms with Crippen molar-refractivity contribution in [3.63, 3.8) is 0 Å². The Balaban J connectivity index is 1.42. The number of carbonyl (C=O) groups excluding carboxylic acids is 2. The average molecular weight is 354 g/mol. The largest absolute Gasteiger partial charge is 0.351 e. The summed E-state index contributed by atoms with van der Waals surface area (Å²) in [4.78, 5) is 23.8. The van der Waals surface area contributed by atoms with E-state index in [4.69, 9.17) is 0 Å². The van der Waals surface area contributed by atoms with Crippen LogP contribution in [0.2, 0.25) is 0 Å². The van der Waals surface area contributed by atoms with Crippen molar-refractivity contribution in [2.75, 3.05) is 18.1 Å². The molecule has 3 rings (SSSR count). The van der Waals surface area contributed by atoms with Gasteiger partial charge in [0, 0.05) is 12.0 Å². The minimum atomic E-state index is -3.05. The van der Waals surface area contributed by atoms with E-state index in [9.17, 15) is 22.4 Å². The van der Waals surface area contributed by atoms with Crippen molar-refractivity contribution in [1.29, 1.82) is 0 Å². The molecule has 1 saturated carbocycles. The molecule has 2 fully saturated rings. The van der Waals surface area contributed by atoms with E-state index in [1.165, 1.54) is 12.1 Å². The van der Waals surface area contributed by atoms with Crippen molar-refractivity contribution in [1.82, 2.24) is 10.6 Å². The molecule has 1 aliphatic carbocycles. The van der Waals surface area contributed by atoms with Gasteiger partial charge in [0.05, 0.1) is 18.1 Å². The Morgan fingerprint density at radius 1 is 1.21 bits per heavy atom. The first kappa shape index (κ1) is 16.9. The highest BCUT2D eigenvalue weighted by molar-refractivity contribution is 7.91. The summed E-state index contributed by atoms with van der Waals surface area (Å²) in [7, 11) is -3.05. The van der Waals surface area contributed by atoms with Crippen LogP contribution in [0.4, 0.5) is 4.39 Å². The van der Waals surface area contributed by atoms with E-state index in [1.54, 1.807) is 12.1 Å². The van der Waals surface area contributed by atoms with Gasteiger partial charge in [0.1, 0.15) is 5.82 Å². The Bertz CT molecular complexity index is 748. The first-order valence-electron chi connectivity index (χ1n) is 7.87. The van der Waals surface area contributed by atoms with Crippen LogP contribution in [0.15, 0.2) is 24.3 Å². The number of nitrogens with one attached hydrogen (secondary N) is 2. The molecule has 6 nitrogen and oxygen atoms in total. The molecule has 2 N–H and O–H groups in total. The highest BCUT2D eigenvalue weighted by Gasteiger charge is 2.43. The van der Waals surface area contributed by atoms with E-state index in [1.807, 2.05) is 0 Å². The molecule has 0 spiro atoms. The zero-order chi connectivity index (χ0) is 17.3. The van der Waals surface area contributed by atoms with Gasteiger partial charge < -0.3 is 10.6 Å². The number of sulfone groups is 1. The van der Waals surface area contributed by atoms with Crippen molar-refractivity contribution < 1.29 is 22.4 Å². The maximum atomic E-state index is 12.9. The van der Waals surface area contributed by atoms with Crippen molar-refractivity contribution in [2.24, 2.45) is 5.92 Å². The number of rotatable bonds is 5. The molecule has 2 aliphatic rings. The Morgan fingerprint density at radius 2 is 1.92 bits per heavy atom. The molecule has 1 aliphatic heterocycles. The minimum absolute atomic E-state index is 0.0397. The van der Waals surface area contributed by atoms with Crippen LogP contribution in [0.1, 0.15) is 24.3 Å². The van der Waals surface area contributed by atoms with Crippen LogP contribution in [-0.4, -0.2) is 44.3 Å². The van der Waals surface area contributed by atoms with Gasteiger partial charge in [-0.25, -0.2) is 12.8 Å². The summed E-state index contributed by atoms with van der Waals surface area (Å²) in [6.07, 6.45) is 1.09. The lowest BCUT2D eigenvalue weighted by Gasteiger charge is -2.11. The van der Waals surface area contributed by atoms with E-state index in [0.717, 1.165) is 5.56 Å². The van der Waals surface area contributed by atoms with Crippen molar-refractivity contribution in [3.05, 3.63) is 35.6 Å². The molecule has 8 heteroatoms. The van der Waals surface area contributed by atoms with Gasteiger partial charge in [0.2, 0.25) is 11.8 Å². The zero-order valence-corrected chi connectivity index (χ0v) is 13.8. The topological polar surface area (TPSA) is 92.3 Å². The Morgan fingerprint density at radius 3 is 2.54 bits per heavy atom. The summed E-state index contributed by atoms with van der Waals surface area (Å²) in [6, 6.07) is 5.70. The molecule has 0 radical (unpaired) electrons. The summed E-state index contributed by atoms with van der Waals surface area (Å²) in [6.45, 7) is -0.165. The Kier molecular flexibility index (Phi) is 4.58. The van der Waals surface area contributed by atoms with E-state index < -0.39 is 9.84 Å². The standard InChI is InChI=1S/C16H19FN2O4S/c17-11-3-1-10(2-4-11)13-7-14(13)16(21)18-8-15(20)19-12-5-6-24(22,23)9-12/h1-4,12-14H,5-9H2,(H,18,21)(H,19,20)/t12-,13+,14-/m1/s1. The van der Waals surface area contributed by atoms with E-state index in [0.29, 0.717) is 12.8 Å². The second-order valence-corrected chi connectivity index (χ2v) is 8.61. The minimum Gasteiger partial charge on any atom is -0.351 e. The molecular weight excluding hydrogens is 335 g/mol. The molecule has 1 aromatic rings. The number of hydrogen-bond donors (Lipinski definition) is 2. The summed E-state index contributed by atoms with van der Waals surface area (Å²) in [5.41, 5.74) is 0.914. The van der Waals surface area contributed by atoms with Crippen molar-refractivity contribution >= 4 is 21.7 Å². The fourth-order valence-electron chi connectivity index (χ4n) is 3.05. The zero-order valence-electron chi connectivity index (χ0n) is 13.0. The van der Waals surface area contributed by atoms with Gasteiger partial charge in [-0.05, 0) is 36.5 Å². The average Bonchev–Trinajstić information content (AvgIpc) is 3.25. The molecular formula is C16H19FN2O4S. The predicted octanol–water partition coefficient (Wildman–Crippen LogP) is 0.349. The highest BCUT2D eigenvalue weighted by atomic mass is 32.2. The third-order valence-corrected chi connectivity index (χ3v) is 6.21. The number of hydrogen-bond acceptors (Lipinski definition) is 4. The lowest BCUT2D eigenvalue weighted by Crippen LogP contribution is -2.42. The number of amides is 2. The van der Waals surface area contributed by atoms with Gasteiger partial charge in [-0.2, -0.15) is 0 Å². The van der Waals surface area contributed by atoms with Crippen LogP contribution in [0, 0.1) is 11.7 Å². The normalized spacial score (nSPS) is 27.5. The summed E-state index contributed by atoms with van der Waals surface area (Å²) >= 11 is 0. The van der Waals surface area contributed by atoms with E-state index in [2.05, 4.69) is 10.6 Å². The van der Waals surface area contributed by atoms with Gasteiger partial charge in [0.25, 0.3) is 0 Å². The number of carbonyl (C=O) groups is 2. The molecule has 1 saturated heterocycles. The van der Waals surface area contributed by atoms with Gasteiger partial charge in [0.15, 0.2) is 9.84 Å². The van der Waals surface area contributed by atoms with Crippen molar-refractivity contribution in [2.45, 2.75) is 24.8 Å². The van der Waals surface area contributed by atoms with Crippen LogP contribution in [-0.2, 0) is 19.4 Å². The fourth-order valence-corrected chi connectivity index (χ4v) is 4.72. The van der Waals surface area contributed by atoms with Crippen LogP contribution >= 0.6 is 0 Å². The highest BCUT2D eigenvalue weighted by Crippen LogP contribution is 2.47. The molecule has 130 valence electrons. The first-order chi connectivity index (χ1) is 11.3. The van der Waals surface area contributed by atoms with Crippen LogP contribution in [0.3, 0.4) is 0 Å². The van der Waals surface area contributed by atoms with Gasteiger partial charge in [-0.1, -0.05) is 12.1 Å². The second kappa shape index (κ2) is 6.51. The van der Waals surface area contributed by atoms with Crippen LogP contribution in [0.5, 0.6) is 0 Å². The van der Waals surface area contributed by atoms with Gasteiger partial charge in [-0.15, -0.1) is 0 Å². The summed E-state index contributed by atoms with van der Waals surface area (Å²) < 4.78 is 35.6. The van der Waals surface area contributed by atoms with Crippen LogP contribution in [0.25, 0.3) is 0 Å². The van der Waals surface area contributed by atoms with Gasteiger partial charge >= 0.3 is 0 Å². The Labute approximate surface area is 139 Å². The molecule has 0 bridgehead atoms. The maximum absolute atomic E-state index is 12.9. The third kappa shape index (κ3) is 4.11. The first-order valence-corrected chi connectivity index (χ1v) is 9.69. The number of benzene rings is 1. The molecule has 2 amide bonds. The molecule has 0 aromatic heterocycles. The maximum Gasteiger partial charge on any atom is 0.239 e. The number of halogens is 1. The quantitative estimate of drug-likeness (QED) is 0.798. The fraction of sp³-hybridized carbons (Fsp3) is 0.500. The molecule has 0 unspecified atom stereocenters. The summed E-state index contributed by atoms with van der Waals surface area (Å²) in [5.74, 6) is -0.995. The summed E-state index contributed by atoms with van der Waals surface area (Å²) in [5, 5.41) is 5.20. The SMILES string of the molecule is O=C(CNC(=O)[C@@H]1C[C@H]1c1ccc(F)cc1)N[C@@H]1CCS(=O)(=O)C1. The monoisotopic (exact) mass is 354 g/mol. The molecule has 1 aromatic carbocycles. The second-order valence-electron chi connectivity index (χ2n) is 6.39. The molecule has 1 heterocycles. The van der Waals surface area contributed by atoms with Crippen LogP contribution < -0.4 is 10.6 Å². The lowest BCUT2D eigenvalue weighted by molar-refractivity contribution is -0.127. The van der Waals surface area contributed by atoms with E-state index >= 15 is 0 Å².